The lowest BCUT2D eigenvalue weighted by molar-refractivity contribution is -0.117. The fourth-order valence-corrected chi connectivity index (χ4v) is 4.62. The van der Waals surface area contributed by atoms with E-state index >= 15 is 0 Å². The fourth-order valence-electron chi connectivity index (χ4n) is 4.62. The monoisotopic (exact) mass is 381 g/mol. The van der Waals surface area contributed by atoms with E-state index in [2.05, 4.69) is 37.1 Å². The van der Waals surface area contributed by atoms with Crippen molar-refractivity contribution in [2.45, 2.75) is 59.4 Å². The Bertz CT molecular complexity index is 924. The van der Waals surface area contributed by atoms with Crippen LogP contribution in [0.15, 0.2) is 24.3 Å². The maximum absolute atomic E-state index is 13.6. The predicted octanol–water partition coefficient (Wildman–Crippen LogP) is 5.26. The molecule has 1 amide bonds. The highest BCUT2D eigenvalue weighted by molar-refractivity contribution is 5.92. The first-order valence-electron chi connectivity index (χ1n) is 9.96. The van der Waals surface area contributed by atoms with Gasteiger partial charge in [-0.25, -0.2) is 9.37 Å². The van der Waals surface area contributed by atoms with Crippen molar-refractivity contribution in [1.82, 2.24) is 4.98 Å². The van der Waals surface area contributed by atoms with Gasteiger partial charge in [-0.15, -0.1) is 0 Å². The van der Waals surface area contributed by atoms with Crippen LogP contribution >= 0.6 is 0 Å². The zero-order valence-corrected chi connectivity index (χ0v) is 17.3. The van der Waals surface area contributed by atoms with Crippen LogP contribution in [0.2, 0.25) is 0 Å². The summed E-state index contributed by atoms with van der Waals surface area (Å²) in [6.07, 6.45) is 1.49. The molecule has 2 aliphatic rings. The number of pyridine rings is 1. The van der Waals surface area contributed by atoms with Crippen molar-refractivity contribution in [3.8, 4) is 0 Å². The molecule has 2 heterocycles. The first kappa shape index (κ1) is 18.9. The van der Waals surface area contributed by atoms with Gasteiger partial charge in [0.15, 0.2) is 0 Å². The van der Waals surface area contributed by atoms with Crippen molar-refractivity contribution in [1.29, 1.82) is 0 Å². The van der Waals surface area contributed by atoms with Gasteiger partial charge in [0.25, 0.3) is 0 Å². The molecule has 1 N–H and O–H groups in total. The third-order valence-corrected chi connectivity index (χ3v) is 5.78. The van der Waals surface area contributed by atoms with Gasteiger partial charge in [0.2, 0.25) is 5.91 Å². The number of rotatable bonds is 3. The zero-order chi connectivity index (χ0) is 20.2. The number of halogens is 1. The number of nitrogens with one attached hydrogen (secondary N) is 1. The number of aromatic nitrogens is 1. The minimum atomic E-state index is -0.155. The zero-order valence-electron chi connectivity index (χ0n) is 17.3. The smallest absolute Gasteiger partial charge is 0.224 e. The van der Waals surface area contributed by atoms with Crippen LogP contribution in [0.25, 0.3) is 0 Å². The van der Waals surface area contributed by atoms with E-state index in [1.165, 1.54) is 5.56 Å². The second-order valence-electron chi connectivity index (χ2n) is 9.42. The summed E-state index contributed by atoms with van der Waals surface area (Å²) in [7, 11) is 0. The summed E-state index contributed by atoms with van der Waals surface area (Å²) >= 11 is 0. The number of carbonyl (C=O) groups excluding carboxylic acids is 1. The second-order valence-corrected chi connectivity index (χ2v) is 9.42. The lowest BCUT2D eigenvalue weighted by Gasteiger charge is -2.31. The summed E-state index contributed by atoms with van der Waals surface area (Å²) in [5, 5.41) is 3.05. The van der Waals surface area contributed by atoms with E-state index in [4.69, 9.17) is 4.98 Å². The molecular formula is C23H28FN3O. The molecule has 4 rings (SSSR count). The first-order valence-corrected chi connectivity index (χ1v) is 9.96. The molecule has 0 saturated carbocycles. The summed E-state index contributed by atoms with van der Waals surface area (Å²) in [6.45, 7) is 11.0. The number of anilines is 2. The Morgan fingerprint density at radius 1 is 1.25 bits per heavy atom. The van der Waals surface area contributed by atoms with E-state index < -0.39 is 0 Å². The Kier molecular flexibility index (Phi) is 4.44. The van der Waals surface area contributed by atoms with E-state index in [9.17, 15) is 9.18 Å². The summed E-state index contributed by atoms with van der Waals surface area (Å²) in [5.41, 5.74) is 4.98. The number of aryl methyl sites for hydroxylation is 2. The SMILES string of the molecule is Cc1cc(N2C[C@@H]3C[C@@H]2c2ccc(F)cc23)nc(C)c1NC(=O)CC(C)(C)C. The molecule has 148 valence electrons. The lowest BCUT2D eigenvalue weighted by atomic mass is 9.92. The van der Waals surface area contributed by atoms with E-state index in [1.807, 2.05) is 19.9 Å². The first-order chi connectivity index (χ1) is 13.1. The molecular weight excluding hydrogens is 353 g/mol. The third kappa shape index (κ3) is 3.38. The van der Waals surface area contributed by atoms with Crippen LogP contribution in [-0.4, -0.2) is 17.4 Å². The second kappa shape index (κ2) is 6.57. The van der Waals surface area contributed by atoms with Crippen LogP contribution in [0.1, 0.15) is 68.0 Å². The van der Waals surface area contributed by atoms with Crippen molar-refractivity contribution in [2.75, 3.05) is 16.8 Å². The standard InChI is InChI=1S/C23H28FN3O/c1-13-8-20(25-14(2)22(13)26-21(28)11-23(3,4)5)27-12-15-9-19(27)17-7-6-16(24)10-18(15)17/h6-8,10,15,19H,9,11-12H2,1-5H3,(H,26,28)/t15-,19+/m0/s1. The van der Waals surface area contributed by atoms with Gasteiger partial charge >= 0.3 is 0 Å². The topological polar surface area (TPSA) is 45.2 Å². The third-order valence-electron chi connectivity index (χ3n) is 5.78. The van der Waals surface area contributed by atoms with Crippen molar-refractivity contribution >= 4 is 17.4 Å². The molecule has 2 bridgehead atoms. The average Bonchev–Trinajstić information content (AvgIpc) is 3.15. The number of carbonyl (C=O) groups is 1. The Labute approximate surface area is 166 Å². The number of amides is 1. The van der Waals surface area contributed by atoms with Crippen LogP contribution in [-0.2, 0) is 4.79 Å². The van der Waals surface area contributed by atoms with Gasteiger partial charge in [-0.2, -0.15) is 0 Å². The number of benzene rings is 1. The van der Waals surface area contributed by atoms with Crippen molar-refractivity contribution in [3.05, 3.63) is 52.5 Å². The predicted molar refractivity (Wildman–Crippen MR) is 110 cm³/mol. The Hall–Kier alpha value is -2.43. The van der Waals surface area contributed by atoms with E-state index in [0.717, 1.165) is 41.3 Å². The Balaban J connectivity index is 1.58. The molecule has 1 fully saturated rings. The lowest BCUT2D eigenvalue weighted by Crippen LogP contribution is -2.28. The minimum absolute atomic E-state index is 0.0180. The van der Waals surface area contributed by atoms with Crippen LogP contribution in [0.5, 0.6) is 0 Å². The number of hydrogen-bond acceptors (Lipinski definition) is 3. The number of nitrogens with zero attached hydrogens (tertiary/aromatic N) is 2. The molecule has 2 aromatic rings. The normalized spacial score (nSPS) is 20.4. The molecule has 0 radical (unpaired) electrons. The van der Waals surface area contributed by atoms with Gasteiger partial charge in [-0.3, -0.25) is 4.79 Å². The maximum atomic E-state index is 13.6. The molecule has 2 atom stereocenters. The molecule has 1 aromatic heterocycles. The molecule has 1 aliphatic heterocycles. The highest BCUT2D eigenvalue weighted by atomic mass is 19.1. The van der Waals surface area contributed by atoms with E-state index in [-0.39, 0.29) is 23.2 Å². The quantitative estimate of drug-likeness (QED) is 0.789. The maximum Gasteiger partial charge on any atom is 0.224 e. The average molecular weight is 381 g/mol. The van der Waals surface area contributed by atoms with E-state index in [0.29, 0.717) is 12.3 Å². The molecule has 1 saturated heterocycles. The Morgan fingerprint density at radius 3 is 2.68 bits per heavy atom. The van der Waals surface area contributed by atoms with Gasteiger partial charge in [-0.05, 0) is 60.6 Å². The minimum Gasteiger partial charge on any atom is -0.349 e. The van der Waals surface area contributed by atoms with E-state index in [1.54, 1.807) is 12.1 Å². The molecule has 1 aromatic carbocycles. The van der Waals surface area contributed by atoms with Gasteiger partial charge in [0.05, 0.1) is 17.4 Å². The number of fused-ring (bicyclic) bond motifs is 5. The fraction of sp³-hybridized carbons (Fsp3) is 0.478. The molecule has 1 aliphatic carbocycles. The van der Waals surface area contributed by atoms with Crippen molar-refractivity contribution < 1.29 is 9.18 Å². The van der Waals surface area contributed by atoms with Crippen molar-refractivity contribution in [2.24, 2.45) is 5.41 Å². The Morgan fingerprint density at radius 2 is 2.00 bits per heavy atom. The van der Waals surface area contributed by atoms with Crippen LogP contribution < -0.4 is 10.2 Å². The summed E-state index contributed by atoms with van der Waals surface area (Å²) < 4.78 is 13.6. The van der Waals surface area contributed by atoms with Crippen LogP contribution in [0, 0.1) is 25.1 Å². The van der Waals surface area contributed by atoms with Gasteiger partial charge in [-0.1, -0.05) is 26.8 Å². The van der Waals surface area contributed by atoms with Gasteiger partial charge in [0.1, 0.15) is 11.6 Å². The largest absolute Gasteiger partial charge is 0.349 e. The molecule has 0 spiro atoms. The van der Waals surface area contributed by atoms with Crippen LogP contribution in [0.4, 0.5) is 15.9 Å². The highest BCUT2D eigenvalue weighted by Crippen LogP contribution is 2.51. The van der Waals surface area contributed by atoms with Crippen LogP contribution in [0.3, 0.4) is 0 Å². The van der Waals surface area contributed by atoms with Gasteiger partial charge in [0, 0.05) is 18.9 Å². The molecule has 0 unspecified atom stereocenters. The summed E-state index contributed by atoms with van der Waals surface area (Å²) in [5.74, 6) is 1.16. The molecule has 4 nitrogen and oxygen atoms in total. The summed E-state index contributed by atoms with van der Waals surface area (Å²) in [4.78, 5) is 19.5. The number of hydrogen-bond donors (Lipinski definition) is 1. The highest BCUT2D eigenvalue weighted by Gasteiger charge is 2.43. The van der Waals surface area contributed by atoms with Gasteiger partial charge < -0.3 is 10.2 Å². The molecule has 28 heavy (non-hydrogen) atoms. The molecule has 5 heteroatoms. The summed E-state index contributed by atoms with van der Waals surface area (Å²) in [6, 6.07) is 7.48. The van der Waals surface area contributed by atoms with Crippen molar-refractivity contribution in [3.63, 3.8) is 0 Å².